The summed E-state index contributed by atoms with van der Waals surface area (Å²) >= 11 is 0. The summed E-state index contributed by atoms with van der Waals surface area (Å²) in [5.74, 6) is 1.55. The third-order valence-corrected chi connectivity index (χ3v) is 2.41. The zero-order chi connectivity index (χ0) is 12.7. The maximum Gasteiger partial charge on any atom is 0.165 e. The van der Waals surface area contributed by atoms with E-state index >= 15 is 0 Å². The van der Waals surface area contributed by atoms with Crippen LogP contribution in [0.25, 0.3) is 0 Å². The van der Waals surface area contributed by atoms with Gasteiger partial charge in [0.25, 0.3) is 0 Å². The van der Waals surface area contributed by atoms with Crippen molar-refractivity contribution in [3.8, 4) is 11.5 Å². The maximum absolute atomic E-state index is 5.83. The molecular weight excluding hydrogens is 214 g/mol. The van der Waals surface area contributed by atoms with Gasteiger partial charge < -0.3 is 15.2 Å². The second-order valence-electron chi connectivity index (χ2n) is 3.77. The molecule has 3 nitrogen and oxygen atoms in total. The van der Waals surface area contributed by atoms with E-state index in [2.05, 4.69) is 6.58 Å². The number of ether oxygens (including phenoxy) is 2. The molecule has 0 amide bonds. The molecule has 17 heavy (non-hydrogen) atoms. The number of para-hydroxylation sites is 1. The van der Waals surface area contributed by atoms with Gasteiger partial charge in [0.1, 0.15) is 6.10 Å². The van der Waals surface area contributed by atoms with Gasteiger partial charge in [-0.05, 0) is 38.4 Å². The third kappa shape index (κ3) is 3.79. The lowest BCUT2D eigenvalue weighted by Gasteiger charge is -2.18. The summed E-state index contributed by atoms with van der Waals surface area (Å²) in [6.07, 6.45) is 2.49. The first-order valence-corrected chi connectivity index (χ1v) is 5.96. The van der Waals surface area contributed by atoms with Crippen molar-refractivity contribution in [2.45, 2.75) is 26.4 Å². The van der Waals surface area contributed by atoms with Crippen molar-refractivity contribution in [2.75, 3.05) is 13.2 Å². The molecule has 1 atom stereocenters. The van der Waals surface area contributed by atoms with E-state index in [4.69, 9.17) is 15.2 Å². The summed E-state index contributed by atoms with van der Waals surface area (Å²) in [7, 11) is 0. The predicted molar refractivity (Wildman–Crippen MR) is 70.7 cm³/mol. The summed E-state index contributed by atoms with van der Waals surface area (Å²) in [6.45, 7) is 8.83. The lowest BCUT2D eigenvalue weighted by molar-refractivity contribution is 0.243. The molecule has 2 N–H and O–H groups in total. The largest absolute Gasteiger partial charge is 0.490 e. The van der Waals surface area contributed by atoms with Gasteiger partial charge in [0.2, 0.25) is 0 Å². The highest BCUT2D eigenvalue weighted by atomic mass is 16.5. The molecule has 0 aliphatic heterocycles. The van der Waals surface area contributed by atoms with Gasteiger partial charge in [-0.3, -0.25) is 0 Å². The van der Waals surface area contributed by atoms with Crippen molar-refractivity contribution in [3.63, 3.8) is 0 Å². The van der Waals surface area contributed by atoms with Crippen molar-refractivity contribution in [2.24, 2.45) is 5.73 Å². The molecule has 3 heteroatoms. The minimum Gasteiger partial charge on any atom is -0.490 e. The van der Waals surface area contributed by atoms with Gasteiger partial charge in [0, 0.05) is 0 Å². The van der Waals surface area contributed by atoms with E-state index in [1.165, 1.54) is 0 Å². The molecule has 0 fully saturated rings. The first kappa shape index (κ1) is 13.6. The number of hydrogen-bond donors (Lipinski definition) is 1. The quantitative estimate of drug-likeness (QED) is 0.739. The van der Waals surface area contributed by atoms with Gasteiger partial charge in [-0.25, -0.2) is 0 Å². The Morgan fingerprint density at radius 1 is 1.47 bits per heavy atom. The molecule has 1 unspecified atom stereocenters. The van der Waals surface area contributed by atoms with Crippen LogP contribution >= 0.6 is 0 Å². The summed E-state index contributed by atoms with van der Waals surface area (Å²) < 4.78 is 11.4. The van der Waals surface area contributed by atoms with Crippen molar-refractivity contribution in [3.05, 3.63) is 36.4 Å². The monoisotopic (exact) mass is 235 g/mol. The van der Waals surface area contributed by atoms with Crippen LogP contribution in [0.3, 0.4) is 0 Å². The summed E-state index contributed by atoms with van der Waals surface area (Å²) in [5.41, 5.74) is 6.68. The average molecular weight is 235 g/mol. The first-order valence-electron chi connectivity index (χ1n) is 5.96. The Kier molecular flexibility index (Phi) is 5.57. The highest BCUT2D eigenvalue weighted by Gasteiger charge is 2.12. The van der Waals surface area contributed by atoms with Gasteiger partial charge in [0.05, 0.1) is 6.61 Å². The van der Waals surface area contributed by atoms with Crippen LogP contribution in [0.4, 0.5) is 0 Å². The molecular formula is C14H21NO2. The van der Waals surface area contributed by atoms with Crippen molar-refractivity contribution in [1.29, 1.82) is 0 Å². The van der Waals surface area contributed by atoms with Crippen LogP contribution in [-0.4, -0.2) is 19.3 Å². The van der Waals surface area contributed by atoms with Gasteiger partial charge >= 0.3 is 0 Å². The molecule has 1 aromatic carbocycles. The molecule has 94 valence electrons. The molecule has 0 radical (unpaired) electrons. The molecule has 0 aliphatic carbocycles. The second kappa shape index (κ2) is 6.97. The molecule has 0 bridgehead atoms. The fraction of sp³-hybridized carbons (Fsp3) is 0.429. The Hall–Kier alpha value is -1.48. The Balaban J connectivity index is 3.03. The minimum absolute atomic E-state index is 0.0480. The van der Waals surface area contributed by atoms with Crippen LogP contribution in [0.1, 0.15) is 19.4 Å². The lowest BCUT2D eigenvalue weighted by atomic mass is 10.1. The maximum atomic E-state index is 5.83. The van der Waals surface area contributed by atoms with E-state index in [0.717, 1.165) is 23.5 Å². The predicted octanol–water partition coefficient (Wildman–Crippen LogP) is 2.54. The topological polar surface area (TPSA) is 44.5 Å². The highest BCUT2D eigenvalue weighted by molar-refractivity contribution is 5.47. The molecule has 0 saturated carbocycles. The van der Waals surface area contributed by atoms with Gasteiger partial charge in [-0.15, -0.1) is 0 Å². The molecule has 0 aromatic heterocycles. The Morgan fingerprint density at radius 3 is 2.82 bits per heavy atom. The van der Waals surface area contributed by atoms with E-state index in [1.54, 1.807) is 6.08 Å². The fourth-order valence-electron chi connectivity index (χ4n) is 1.55. The normalized spacial score (nSPS) is 11.9. The third-order valence-electron chi connectivity index (χ3n) is 2.41. The van der Waals surface area contributed by atoms with E-state index in [-0.39, 0.29) is 6.10 Å². The zero-order valence-corrected chi connectivity index (χ0v) is 10.6. The van der Waals surface area contributed by atoms with E-state index in [0.29, 0.717) is 13.2 Å². The Labute approximate surface area is 103 Å². The molecule has 1 rings (SSSR count). The Morgan fingerprint density at radius 2 is 2.24 bits per heavy atom. The fourth-order valence-corrected chi connectivity index (χ4v) is 1.55. The van der Waals surface area contributed by atoms with Crippen LogP contribution in [0.5, 0.6) is 11.5 Å². The number of hydrogen-bond acceptors (Lipinski definition) is 3. The van der Waals surface area contributed by atoms with Crippen molar-refractivity contribution < 1.29 is 9.47 Å². The zero-order valence-electron chi connectivity index (χ0n) is 10.6. The smallest absolute Gasteiger partial charge is 0.165 e. The summed E-state index contributed by atoms with van der Waals surface area (Å²) in [6, 6.07) is 5.89. The van der Waals surface area contributed by atoms with Crippen LogP contribution in [0, 0.1) is 0 Å². The van der Waals surface area contributed by atoms with Gasteiger partial charge in [0.15, 0.2) is 11.5 Å². The van der Waals surface area contributed by atoms with Gasteiger partial charge in [-0.2, -0.15) is 0 Å². The standard InChI is InChI=1S/C14H21NO2/c1-4-11(3)17-14-12(9-10-15)7-6-8-13(14)16-5-2/h4,6-8,11H,1,5,9-10,15H2,2-3H3. The molecule has 0 saturated heterocycles. The lowest BCUT2D eigenvalue weighted by Crippen LogP contribution is -2.12. The van der Waals surface area contributed by atoms with Crippen molar-refractivity contribution >= 4 is 0 Å². The van der Waals surface area contributed by atoms with Crippen molar-refractivity contribution in [1.82, 2.24) is 0 Å². The van der Waals surface area contributed by atoms with E-state index in [1.807, 2.05) is 32.0 Å². The number of nitrogens with two attached hydrogens (primary N) is 1. The van der Waals surface area contributed by atoms with Crippen LogP contribution in [-0.2, 0) is 6.42 Å². The summed E-state index contributed by atoms with van der Waals surface area (Å²) in [5, 5.41) is 0. The molecule has 1 aromatic rings. The first-order chi connectivity index (χ1) is 8.22. The highest BCUT2D eigenvalue weighted by Crippen LogP contribution is 2.32. The Bertz CT molecular complexity index is 339. The minimum atomic E-state index is -0.0480. The molecule has 0 aliphatic rings. The van der Waals surface area contributed by atoms with Gasteiger partial charge in [-0.1, -0.05) is 24.8 Å². The SMILES string of the molecule is C=CC(C)Oc1c(CCN)cccc1OCC. The summed E-state index contributed by atoms with van der Waals surface area (Å²) in [4.78, 5) is 0. The average Bonchev–Trinajstić information content (AvgIpc) is 2.33. The van der Waals surface area contributed by atoms with E-state index < -0.39 is 0 Å². The van der Waals surface area contributed by atoms with Crippen LogP contribution in [0.2, 0.25) is 0 Å². The molecule has 0 heterocycles. The molecule has 0 spiro atoms. The van der Waals surface area contributed by atoms with Crippen LogP contribution < -0.4 is 15.2 Å². The van der Waals surface area contributed by atoms with Crippen LogP contribution in [0.15, 0.2) is 30.9 Å². The second-order valence-corrected chi connectivity index (χ2v) is 3.77. The number of benzene rings is 1. The number of rotatable bonds is 7. The van der Waals surface area contributed by atoms with E-state index in [9.17, 15) is 0 Å².